The number of hydrogen-bond acceptors (Lipinski definition) is 3. The van der Waals surface area contributed by atoms with Gasteiger partial charge in [0.25, 0.3) is 0 Å². The van der Waals surface area contributed by atoms with Gasteiger partial charge in [-0.25, -0.2) is 0 Å². The summed E-state index contributed by atoms with van der Waals surface area (Å²) in [6.45, 7) is 9.27. The Kier molecular flexibility index (Phi) is 25.9. The maximum atomic E-state index is 8.45. The van der Waals surface area contributed by atoms with Gasteiger partial charge in [-0.3, -0.25) is 5.32 Å². The van der Waals surface area contributed by atoms with Gasteiger partial charge in [-0.05, 0) is 13.8 Å². The molecule has 3 nitrogen and oxygen atoms in total. The van der Waals surface area contributed by atoms with E-state index in [0.29, 0.717) is 0 Å². The van der Waals surface area contributed by atoms with Gasteiger partial charge in [0.15, 0.2) is 0 Å². The zero-order chi connectivity index (χ0) is 19.2. The fraction of sp³-hybridized carbons (Fsp3) is 0.955. The van der Waals surface area contributed by atoms with Crippen LogP contribution in [-0.2, 0) is 0 Å². The van der Waals surface area contributed by atoms with Crippen LogP contribution >= 0.6 is 0 Å². The predicted octanol–water partition coefficient (Wildman–Crippen LogP) is 6.33. The van der Waals surface area contributed by atoms with Gasteiger partial charge in [0, 0.05) is 0 Å². The first-order valence-corrected chi connectivity index (χ1v) is 11.0. The molecule has 2 atom stereocenters. The Bertz CT molecular complexity index is 198. The topological polar surface area (TPSA) is 52.5 Å². The highest BCUT2D eigenvalue weighted by molar-refractivity contribution is 4.50. The Labute approximate surface area is 159 Å². The molecule has 153 valence electrons. The average Bonchev–Trinajstić information content (AvgIpc) is 2.54. The number of hydrogen-bond donors (Lipinski definition) is 3. The molecule has 25 heavy (non-hydrogen) atoms. The van der Waals surface area contributed by atoms with Crippen molar-refractivity contribution in [2.45, 2.75) is 136 Å². The maximum absolute atomic E-state index is 8.45. The summed E-state index contributed by atoms with van der Waals surface area (Å²) >= 11 is 0. The molecule has 0 amide bonds. The predicted molar refractivity (Wildman–Crippen MR) is 111 cm³/mol. The zero-order valence-corrected chi connectivity index (χ0v) is 17.6. The number of nitrogens with one attached hydrogen (secondary N) is 1. The molecule has 0 saturated carbocycles. The highest BCUT2D eigenvalue weighted by Gasteiger charge is 1.95. The molecule has 0 aromatic carbocycles. The van der Waals surface area contributed by atoms with Gasteiger partial charge in [0.1, 0.15) is 12.5 Å². The minimum Gasteiger partial charge on any atom is -0.379 e. The lowest BCUT2D eigenvalue weighted by Crippen LogP contribution is -2.33. The Morgan fingerprint density at radius 1 is 0.600 bits per heavy atom. The van der Waals surface area contributed by atoms with Gasteiger partial charge < -0.3 is 10.2 Å². The third kappa shape index (κ3) is 32.1. The smallest absolute Gasteiger partial charge is 0.103 e. The lowest BCUT2D eigenvalue weighted by molar-refractivity contribution is 0.0632. The summed E-state index contributed by atoms with van der Waals surface area (Å²) in [7, 11) is 0. The number of aliphatic hydroxyl groups excluding tert-OH is 2. The van der Waals surface area contributed by atoms with E-state index in [1.165, 1.54) is 96.3 Å². The molecule has 0 bridgehead atoms. The third-order valence-electron chi connectivity index (χ3n) is 4.34. The Morgan fingerprint density at radius 3 is 1.08 bits per heavy atom. The molecule has 2 unspecified atom stereocenters. The van der Waals surface area contributed by atoms with E-state index in [1.807, 2.05) is 0 Å². The van der Waals surface area contributed by atoms with E-state index in [2.05, 4.69) is 19.2 Å². The Hall–Kier alpha value is -0.120. The van der Waals surface area contributed by atoms with Crippen LogP contribution in [0.1, 0.15) is 124 Å². The lowest BCUT2D eigenvalue weighted by Gasteiger charge is -2.08. The molecule has 0 spiro atoms. The highest BCUT2D eigenvalue weighted by atomic mass is 16.3. The number of aliphatic hydroxyl groups is 2. The van der Waals surface area contributed by atoms with E-state index in [9.17, 15) is 0 Å². The van der Waals surface area contributed by atoms with Crippen molar-refractivity contribution in [3.63, 3.8) is 0 Å². The second-order valence-electron chi connectivity index (χ2n) is 7.32. The Balaban J connectivity index is 0. The van der Waals surface area contributed by atoms with E-state index in [1.54, 1.807) is 13.8 Å². The minimum atomic E-state index is -0.625. The van der Waals surface area contributed by atoms with Gasteiger partial charge >= 0.3 is 0 Å². The molecule has 1 radical (unpaired) electrons. The second-order valence-corrected chi connectivity index (χ2v) is 7.32. The standard InChI is InChI=1S/C18H37.C4H11NO2/c1-3-5-7-9-11-13-15-17-18-16-14-12-10-8-6-4-2;1-3(6)5-4(2)7/h1,3-18H2,2H3;3-7H,1-2H3. The molecular weight excluding hydrogens is 310 g/mol. The molecule has 3 heteroatoms. The maximum Gasteiger partial charge on any atom is 0.103 e. The summed E-state index contributed by atoms with van der Waals surface area (Å²) in [5, 5.41) is 19.3. The molecule has 0 saturated heterocycles. The van der Waals surface area contributed by atoms with E-state index >= 15 is 0 Å². The summed E-state index contributed by atoms with van der Waals surface area (Å²) in [6, 6.07) is 0. The van der Waals surface area contributed by atoms with Gasteiger partial charge in [0.2, 0.25) is 0 Å². The lowest BCUT2D eigenvalue weighted by atomic mass is 10.0. The summed E-state index contributed by atoms with van der Waals surface area (Å²) in [4.78, 5) is 0. The monoisotopic (exact) mass is 358 g/mol. The quantitative estimate of drug-likeness (QED) is 0.210. The number of unbranched alkanes of at least 4 members (excludes halogenated alkanes) is 15. The summed E-state index contributed by atoms with van der Waals surface area (Å²) in [5.74, 6) is 0. The molecule has 3 N–H and O–H groups in total. The van der Waals surface area contributed by atoms with Crippen LogP contribution in [0.25, 0.3) is 0 Å². The van der Waals surface area contributed by atoms with E-state index in [-0.39, 0.29) is 0 Å². The molecule has 0 aliphatic heterocycles. The molecular formula is C22H48NO2. The van der Waals surface area contributed by atoms with Crippen LogP contribution in [0.15, 0.2) is 0 Å². The van der Waals surface area contributed by atoms with Gasteiger partial charge in [-0.15, -0.1) is 0 Å². The van der Waals surface area contributed by atoms with E-state index in [0.717, 1.165) is 6.42 Å². The molecule has 0 aromatic heterocycles. The molecule has 0 fully saturated rings. The normalized spacial score (nSPS) is 13.2. The molecule has 0 rings (SSSR count). The SMILES string of the molecule is CC(O)NC(C)O.[CH2]CCCCCCCCCCCCCCCCC. The minimum absolute atomic E-state index is 0.625. The summed E-state index contributed by atoms with van der Waals surface area (Å²) < 4.78 is 0. The first-order valence-electron chi connectivity index (χ1n) is 11.0. The van der Waals surface area contributed by atoms with Crippen LogP contribution in [0, 0.1) is 6.92 Å². The molecule has 0 aliphatic carbocycles. The van der Waals surface area contributed by atoms with Crippen molar-refractivity contribution in [3.8, 4) is 0 Å². The second kappa shape index (κ2) is 23.9. The molecule has 0 aromatic rings. The Morgan fingerprint density at radius 2 is 0.880 bits per heavy atom. The van der Waals surface area contributed by atoms with Crippen LogP contribution in [0.3, 0.4) is 0 Å². The number of rotatable bonds is 17. The largest absolute Gasteiger partial charge is 0.379 e. The molecule has 0 aliphatic rings. The van der Waals surface area contributed by atoms with Gasteiger partial charge in [-0.2, -0.15) is 0 Å². The van der Waals surface area contributed by atoms with E-state index < -0.39 is 12.5 Å². The molecule has 0 heterocycles. The highest BCUT2D eigenvalue weighted by Crippen LogP contribution is 2.13. The fourth-order valence-corrected chi connectivity index (χ4v) is 2.90. The van der Waals surface area contributed by atoms with Crippen molar-refractivity contribution in [2.24, 2.45) is 0 Å². The summed E-state index contributed by atoms with van der Waals surface area (Å²) in [6.07, 6.45) is 21.6. The van der Waals surface area contributed by atoms with Crippen LogP contribution in [0.2, 0.25) is 0 Å². The van der Waals surface area contributed by atoms with Crippen molar-refractivity contribution in [3.05, 3.63) is 6.92 Å². The summed E-state index contributed by atoms with van der Waals surface area (Å²) in [5.41, 5.74) is 0. The van der Waals surface area contributed by atoms with Crippen molar-refractivity contribution >= 4 is 0 Å². The van der Waals surface area contributed by atoms with Gasteiger partial charge in [-0.1, -0.05) is 117 Å². The first-order chi connectivity index (χ1) is 12.0. The van der Waals surface area contributed by atoms with E-state index in [4.69, 9.17) is 10.2 Å². The van der Waals surface area contributed by atoms with Crippen LogP contribution < -0.4 is 5.32 Å². The van der Waals surface area contributed by atoms with Crippen LogP contribution in [0.5, 0.6) is 0 Å². The van der Waals surface area contributed by atoms with Crippen molar-refractivity contribution in [1.82, 2.24) is 5.32 Å². The van der Waals surface area contributed by atoms with Gasteiger partial charge in [0.05, 0.1) is 0 Å². The first kappa shape index (κ1) is 27.1. The van der Waals surface area contributed by atoms with Crippen molar-refractivity contribution in [1.29, 1.82) is 0 Å². The van der Waals surface area contributed by atoms with Crippen LogP contribution in [-0.4, -0.2) is 22.7 Å². The van der Waals surface area contributed by atoms with Crippen LogP contribution in [0.4, 0.5) is 0 Å². The van der Waals surface area contributed by atoms with Crippen molar-refractivity contribution in [2.75, 3.05) is 0 Å². The van der Waals surface area contributed by atoms with Crippen molar-refractivity contribution < 1.29 is 10.2 Å². The zero-order valence-electron chi connectivity index (χ0n) is 17.6. The third-order valence-corrected chi connectivity index (χ3v) is 4.34. The average molecular weight is 359 g/mol. The fourth-order valence-electron chi connectivity index (χ4n) is 2.90.